The molecule has 0 spiro atoms. The summed E-state index contributed by atoms with van der Waals surface area (Å²) in [5.74, 6) is -1.31. The highest BCUT2D eigenvalue weighted by atomic mass is 32.2. The molecule has 0 aliphatic heterocycles. The minimum Gasteiger partial charge on any atom is -0.480 e. The molecule has 1 aromatic carbocycles. The van der Waals surface area contributed by atoms with Crippen LogP contribution in [0.4, 0.5) is 0 Å². The molecule has 1 rings (SSSR count). The number of rotatable bonds is 6. The first kappa shape index (κ1) is 17.6. The van der Waals surface area contributed by atoms with E-state index >= 15 is 0 Å². The largest absolute Gasteiger partial charge is 0.480 e. The van der Waals surface area contributed by atoms with Crippen LogP contribution in [0.1, 0.15) is 6.92 Å². The van der Waals surface area contributed by atoms with Crippen LogP contribution in [0.3, 0.4) is 0 Å². The summed E-state index contributed by atoms with van der Waals surface area (Å²) in [5, 5.41) is 8.69. The molecule has 2 N–H and O–H groups in total. The van der Waals surface area contributed by atoms with Gasteiger partial charge in [0, 0.05) is 14.1 Å². The highest BCUT2D eigenvalue weighted by Gasteiger charge is 2.23. The molecule has 0 amide bonds. The van der Waals surface area contributed by atoms with E-state index in [-0.39, 0.29) is 9.79 Å². The summed E-state index contributed by atoms with van der Waals surface area (Å²) >= 11 is 0. The molecule has 10 heteroatoms. The van der Waals surface area contributed by atoms with E-state index in [1.54, 1.807) is 0 Å². The van der Waals surface area contributed by atoms with E-state index in [1.807, 2.05) is 4.72 Å². The summed E-state index contributed by atoms with van der Waals surface area (Å²) in [4.78, 5) is 10.4. The lowest BCUT2D eigenvalue weighted by molar-refractivity contribution is -0.138. The van der Waals surface area contributed by atoms with Crippen molar-refractivity contribution in [3.63, 3.8) is 0 Å². The molecule has 0 aliphatic rings. The minimum atomic E-state index is -4.03. The molecule has 0 aliphatic carbocycles. The SMILES string of the molecule is C[C@@H](NS(=O)(=O)c1ccc(S(=O)(=O)N(C)C)cc1)C(=O)O. The van der Waals surface area contributed by atoms with Gasteiger partial charge in [0.25, 0.3) is 0 Å². The van der Waals surface area contributed by atoms with Gasteiger partial charge in [0.05, 0.1) is 9.79 Å². The van der Waals surface area contributed by atoms with Gasteiger partial charge in [-0.3, -0.25) is 4.79 Å². The zero-order valence-electron chi connectivity index (χ0n) is 11.6. The summed E-state index contributed by atoms with van der Waals surface area (Å²) in [6.45, 7) is 1.19. The minimum absolute atomic E-state index is 0.0577. The van der Waals surface area contributed by atoms with Gasteiger partial charge in [-0.2, -0.15) is 4.72 Å². The number of hydrogen-bond acceptors (Lipinski definition) is 5. The van der Waals surface area contributed by atoms with E-state index in [1.165, 1.54) is 21.0 Å². The molecular weight excluding hydrogens is 320 g/mol. The maximum absolute atomic E-state index is 11.9. The van der Waals surface area contributed by atoms with Crippen LogP contribution in [0.15, 0.2) is 34.1 Å². The number of nitrogens with one attached hydrogen (secondary N) is 1. The van der Waals surface area contributed by atoms with Crippen LogP contribution < -0.4 is 4.72 Å². The molecule has 0 fully saturated rings. The number of aliphatic carboxylic acids is 1. The van der Waals surface area contributed by atoms with Crippen molar-refractivity contribution < 1.29 is 26.7 Å². The zero-order valence-corrected chi connectivity index (χ0v) is 13.3. The molecule has 0 bridgehead atoms. The molecule has 0 radical (unpaired) electrons. The van der Waals surface area contributed by atoms with E-state index in [2.05, 4.69) is 0 Å². The monoisotopic (exact) mass is 336 g/mol. The van der Waals surface area contributed by atoms with Gasteiger partial charge in [-0.05, 0) is 31.2 Å². The van der Waals surface area contributed by atoms with Crippen LogP contribution in [0.2, 0.25) is 0 Å². The summed E-state index contributed by atoms with van der Waals surface area (Å²) < 4.78 is 50.5. The number of carboxylic acid groups (broad SMARTS) is 1. The Labute approximate surface area is 123 Å². The molecule has 0 saturated carbocycles. The Bertz CT molecular complexity index is 722. The van der Waals surface area contributed by atoms with Gasteiger partial charge in [0.15, 0.2) is 0 Å². The van der Waals surface area contributed by atoms with E-state index in [0.29, 0.717) is 0 Å². The van der Waals surface area contributed by atoms with Crippen LogP contribution in [0.5, 0.6) is 0 Å². The van der Waals surface area contributed by atoms with Crippen LogP contribution in [0, 0.1) is 0 Å². The summed E-state index contributed by atoms with van der Waals surface area (Å²) in [6.07, 6.45) is 0. The lowest BCUT2D eigenvalue weighted by Gasteiger charge is -2.13. The fourth-order valence-electron chi connectivity index (χ4n) is 1.35. The van der Waals surface area contributed by atoms with Crippen LogP contribution in [-0.4, -0.2) is 52.4 Å². The second-order valence-electron chi connectivity index (χ2n) is 4.44. The summed E-state index contributed by atoms with van der Waals surface area (Å²) in [6, 6.07) is 3.21. The Morgan fingerprint density at radius 2 is 1.52 bits per heavy atom. The van der Waals surface area contributed by atoms with Gasteiger partial charge >= 0.3 is 5.97 Å². The van der Waals surface area contributed by atoms with Gasteiger partial charge in [-0.1, -0.05) is 0 Å². The van der Waals surface area contributed by atoms with Crippen molar-refractivity contribution in [2.75, 3.05) is 14.1 Å². The number of benzene rings is 1. The van der Waals surface area contributed by atoms with Crippen LogP contribution in [-0.2, 0) is 24.8 Å². The highest BCUT2D eigenvalue weighted by molar-refractivity contribution is 7.89. The molecule has 1 atom stereocenters. The van der Waals surface area contributed by atoms with Crippen molar-refractivity contribution in [3.8, 4) is 0 Å². The van der Waals surface area contributed by atoms with Crippen molar-refractivity contribution in [1.29, 1.82) is 0 Å². The second-order valence-corrected chi connectivity index (χ2v) is 8.31. The predicted octanol–water partition coefficient (Wildman–Crippen LogP) is -0.312. The van der Waals surface area contributed by atoms with E-state index < -0.39 is 32.1 Å². The lowest BCUT2D eigenvalue weighted by atomic mass is 10.4. The topological polar surface area (TPSA) is 121 Å². The first-order valence-corrected chi connectivity index (χ1v) is 8.68. The molecule has 1 aromatic rings. The lowest BCUT2D eigenvalue weighted by Crippen LogP contribution is -2.38. The Morgan fingerprint density at radius 3 is 1.90 bits per heavy atom. The molecular formula is C11H16N2O6S2. The molecule has 0 aromatic heterocycles. The zero-order chi connectivity index (χ0) is 16.4. The van der Waals surface area contributed by atoms with Crippen molar-refractivity contribution in [3.05, 3.63) is 24.3 Å². The van der Waals surface area contributed by atoms with Crippen molar-refractivity contribution >= 4 is 26.0 Å². The number of carboxylic acids is 1. The Hall–Kier alpha value is -1.49. The predicted molar refractivity (Wildman–Crippen MR) is 74.7 cm³/mol. The van der Waals surface area contributed by atoms with Crippen molar-refractivity contribution in [1.82, 2.24) is 9.03 Å². The third-order valence-corrected chi connectivity index (χ3v) is 6.00. The number of hydrogen-bond donors (Lipinski definition) is 2. The fraction of sp³-hybridized carbons (Fsp3) is 0.364. The first-order valence-electron chi connectivity index (χ1n) is 5.76. The Balaban J connectivity index is 3.11. The highest BCUT2D eigenvalue weighted by Crippen LogP contribution is 2.16. The van der Waals surface area contributed by atoms with Gasteiger partial charge < -0.3 is 5.11 Å². The van der Waals surface area contributed by atoms with Crippen molar-refractivity contribution in [2.24, 2.45) is 0 Å². The molecule has 0 heterocycles. The molecule has 8 nitrogen and oxygen atoms in total. The molecule has 0 saturated heterocycles. The van der Waals surface area contributed by atoms with Gasteiger partial charge in [0.2, 0.25) is 20.0 Å². The first-order chi connectivity index (χ1) is 9.48. The molecule has 21 heavy (non-hydrogen) atoms. The normalized spacial score (nSPS) is 14.1. The average Bonchev–Trinajstić information content (AvgIpc) is 2.38. The van der Waals surface area contributed by atoms with E-state index in [9.17, 15) is 21.6 Å². The fourth-order valence-corrected chi connectivity index (χ4v) is 3.45. The van der Waals surface area contributed by atoms with Crippen LogP contribution in [0.25, 0.3) is 0 Å². The van der Waals surface area contributed by atoms with E-state index in [0.717, 1.165) is 28.6 Å². The van der Waals surface area contributed by atoms with Crippen molar-refractivity contribution in [2.45, 2.75) is 22.8 Å². The van der Waals surface area contributed by atoms with Crippen LogP contribution >= 0.6 is 0 Å². The average molecular weight is 336 g/mol. The third kappa shape index (κ3) is 4.00. The summed E-state index contributed by atoms with van der Waals surface area (Å²) in [7, 11) is -4.96. The smallest absolute Gasteiger partial charge is 0.321 e. The molecule has 118 valence electrons. The maximum Gasteiger partial charge on any atom is 0.321 e. The standard InChI is InChI=1S/C11H16N2O6S2/c1-8(11(14)15)12-20(16,17)9-4-6-10(7-5-9)21(18,19)13(2)3/h4-8,12H,1-3H3,(H,14,15)/t8-/m1/s1. The Kier molecular flexibility index (Phi) is 5.10. The van der Waals surface area contributed by atoms with Gasteiger partial charge in [0.1, 0.15) is 6.04 Å². The number of nitrogens with zero attached hydrogens (tertiary/aromatic N) is 1. The van der Waals surface area contributed by atoms with Gasteiger partial charge in [-0.25, -0.2) is 21.1 Å². The van der Waals surface area contributed by atoms with E-state index in [4.69, 9.17) is 5.11 Å². The quantitative estimate of drug-likeness (QED) is 0.735. The number of sulfonamides is 2. The summed E-state index contributed by atoms with van der Waals surface area (Å²) in [5.41, 5.74) is 0. The number of carbonyl (C=O) groups is 1. The Morgan fingerprint density at radius 1 is 1.10 bits per heavy atom. The maximum atomic E-state index is 11.9. The van der Waals surface area contributed by atoms with Gasteiger partial charge in [-0.15, -0.1) is 0 Å². The molecule has 0 unspecified atom stereocenters. The third-order valence-electron chi connectivity index (χ3n) is 2.61. The second kappa shape index (κ2) is 6.10.